The highest BCUT2D eigenvalue weighted by Crippen LogP contribution is 2.49. The average molecular weight is 450 g/mol. The number of carbonyl (C=O) groups excluding carboxylic acids is 1. The number of aliphatic hydroxyl groups is 1. The molecule has 5 aromatic rings. The van der Waals surface area contributed by atoms with Crippen molar-refractivity contribution in [3.05, 3.63) is 81.1 Å². The number of benzene rings is 3. The minimum Gasteiger partial charge on any atom is -0.396 e. The Morgan fingerprint density at radius 2 is 1.85 bits per heavy atom. The molecule has 3 heterocycles. The number of amides is 1. The van der Waals surface area contributed by atoms with E-state index < -0.39 is 0 Å². The molecule has 1 amide bonds. The van der Waals surface area contributed by atoms with Gasteiger partial charge in [-0.3, -0.25) is 19.8 Å². The average Bonchev–Trinajstić information content (AvgIpc) is 3.60. The summed E-state index contributed by atoms with van der Waals surface area (Å²) in [4.78, 5) is 24.8. The second-order valence-electron chi connectivity index (χ2n) is 9.08. The first-order valence-corrected chi connectivity index (χ1v) is 11.5. The SMILES string of the molecule is O=C1NCc2c1c1c(c3c2c2cc(-c4cc(=O)[nH][nH]4)ccc2n3CCCO)Cc2ccccc2-1. The summed E-state index contributed by atoms with van der Waals surface area (Å²) in [6.07, 6.45) is 1.41. The van der Waals surface area contributed by atoms with Crippen molar-refractivity contribution in [1.82, 2.24) is 20.1 Å². The summed E-state index contributed by atoms with van der Waals surface area (Å²) in [5, 5.41) is 20.4. The van der Waals surface area contributed by atoms with Crippen molar-refractivity contribution in [3.63, 3.8) is 0 Å². The van der Waals surface area contributed by atoms with Gasteiger partial charge in [0.25, 0.3) is 11.5 Å². The number of rotatable bonds is 4. The third kappa shape index (κ3) is 2.50. The van der Waals surface area contributed by atoms with Crippen LogP contribution in [0.4, 0.5) is 0 Å². The van der Waals surface area contributed by atoms with Crippen molar-refractivity contribution in [2.45, 2.75) is 25.9 Å². The van der Waals surface area contributed by atoms with Crippen LogP contribution in [0.25, 0.3) is 44.2 Å². The van der Waals surface area contributed by atoms with Crippen molar-refractivity contribution in [2.24, 2.45) is 0 Å². The van der Waals surface area contributed by atoms with Gasteiger partial charge in [-0.25, -0.2) is 0 Å². The van der Waals surface area contributed by atoms with E-state index in [1.54, 1.807) is 6.07 Å². The van der Waals surface area contributed by atoms with Crippen molar-refractivity contribution in [1.29, 1.82) is 0 Å². The summed E-state index contributed by atoms with van der Waals surface area (Å²) in [6, 6.07) is 16.1. The van der Waals surface area contributed by atoms with E-state index in [0.717, 1.165) is 61.7 Å². The van der Waals surface area contributed by atoms with Crippen LogP contribution in [0, 0.1) is 0 Å². The molecule has 4 N–H and O–H groups in total. The van der Waals surface area contributed by atoms with Crippen molar-refractivity contribution in [3.8, 4) is 22.4 Å². The second kappa shape index (κ2) is 6.95. The molecule has 3 aromatic carbocycles. The molecule has 0 saturated heterocycles. The van der Waals surface area contributed by atoms with Crippen LogP contribution >= 0.6 is 0 Å². The summed E-state index contributed by atoms with van der Waals surface area (Å²) >= 11 is 0. The predicted molar refractivity (Wildman–Crippen MR) is 131 cm³/mol. The van der Waals surface area contributed by atoms with Gasteiger partial charge >= 0.3 is 0 Å². The van der Waals surface area contributed by atoms with Gasteiger partial charge in [-0.05, 0) is 40.8 Å². The lowest BCUT2D eigenvalue weighted by atomic mass is 9.91. The van der Waals surface area contributed by atoms with E-state index in [9.17, 15) is 14.7 Å². The van der Waals surface area contributed by atoms with E-state index >= 15 is 0 Å². The molecule has 7 heteroatoms. The van der Waals surface area contributed by atoms with E-state index in [1.165, 1.54) is 11.1 Å². The lowest BCUT2D eigenvalue weighted by molar-refractivity contribution is 0.0966. The quantitative estimate of drug-likeness (QED) is 0.329. The number of aryl methyl sites for hydroxylation is 1. The zero-order valence-electron chi connectivity index (χ0n) is 18.4. The molecule has 0 bridgehead atoms. The number of aliphatic hydroxyl groups excluding tert-OH is 1. The zero-order chi connectivity index (χ0) is 23.0. The van der Waals surface area contributed by atoms with Crippen LogP contribution in [-0.4, -0.2) is 32.4 Å². The molecule has 1 aliphatic carbocycles. The van der Waals surface area contributed by atoms with Gasteiger partial charge in [0, 0.05) is 59.6 Å². The van der Waals surface area contributed by atoms with Gasteiger partial charge in [0.1, 0.15) is 0 Å². The zero-order valence-corrected chi connectivity index (χ0v) is 18.4. The Bertz CT molecular complexity index is 1720. The molecule has 2 aromatic heterocycles. The van der Waals surface area contributed by atoms with E-state index in [0.29, 0.717) is 19.5 Å². The summed E-state index contributed by atoms with van der Waals surface area (Å²) in [5.41, 5.74) is 10.1. The van der Waals surface area contributed by atoms with Gasteiger partial charge in [-0.2, -0.15) is 0 Å². The summed E-state index contributed by atoms with van der Waals surface area (Å²) in [6.45, 7) is 1.28. The number of carbonyl (C=O) groups is 1. The van der Waals surface area contributed by atoms with E-state index in [1.807, 2.05) is 18.2 Å². The normalized spacial score (nSPS) is 14.0. The Morgan fingerprint density at radius 1 is 0.971 bits per heavy atom. The van der Waals surface area contributed by atoms with Crippen LogP contribution < -0.4 is 10.9 Å². The van der Waals surface area contributed by atoms with Crippen LogP contribution in [0.5, 0.6) is 0 Å². The fraction of sp³-hybridized carbons (Fsp3) is 0.185. The molecule has 2 aliphatic rings. The summed E-state index contributed by atoms with van der Waals surface area (Å²) in [5.74, 6) is -0.0211. The van der Waals surface area contributed by atoms with Crippen molar-refractivity contribution >= 4 is 27.7 Å². The fourth-order valence-electron chi connectivity index (χ4n) is 5.90. The summed E-state index contributed by atoms with van der Waals surface area (Å²) in [7, 11) is 0. The van der Waals surface area contributed by atoms with Gasteiger partial charge < -0.3 is 15.0 Å². The van der Waals surface area contributed by atoms with E-state index in [-0.39, 0.29) is 18.1 Å². The van der Waals surface area contributed by atoms with Crippen LogP contribution in [0.3, 0.4) is 0 Å². The number of fused-ring (bicyclic) bond motifs is 10. The lowest BCUT2D eigenvalue weighted by Crippen LogP contribution is -2.13. The Hall–Kier alpha value is -4.10. The molecular formula is C27H22N4O3. The highest BCUT2D eigenvalue weighted by Gasteiger charge is 2.35. The van der Waals surface area contributed by atoms with E-state index in [2.05, 4.69) is 44.3 Å². The van der Waals surface area contributed by atoms with Crippen LogP contribution in [-0.2, 0) is 19.5 Å². The number of nitrogens with zero attached hydrogens (tertiary/aromatic N) is 1. The minimum absolute atomic E-state index is 0.0211. The number of aromatic nitrogens is 3. The fourth-order valence-corrected chi connectivity index (χ4v) is 5.90. The maximum Gasteiger partial charge on any atom is 0.264 e. The first kappa shape index (κ1) is 19.4. The van der Waals surface area contributed by atoms with Crippen LogP contribution in [0.15, 0.2) is 53.3 Å². The number of aromatic amines is 2. The van der Waals surface area contributed by atoms with Crippen LogP contribution in [0.1, 0.15) is 33.5 Å². The number of hydrogen-bond acceptors (Lipinski definition) is 3. The first-order valence-electron chi connectivity index (χ1n) is 11.5. The predicted octanol–water partition coefficient (Wildman–Crippen LogP) is 3.67. The molecule has 0 saturated carbocycles. The third-order valence-corrected chi connectivity index (χ3v) is 7.26. The smallest absolute Gasteiger partial charge is 0.264 e. The Labute approximate surface area is 194 Å². The largest absolute Gasteiger partial charge is 0.396 e. The molecule has 0 atom stereocenters. The van der Waals surface area contributed by atoms with Gasteiger partial charge in [0.2, 0.25) is 0 Å². The molecule has 34 heavy (non-hydrogen) atoms. The Balaban J connectivity index is 1.63. The van der Waals surface area contributed by atoms with Gasteiger partial charge in [-0.1, -0.05) is 30.3 Å². The molecule has 0 fully saturated rings. The Kier molecular flexibility index (Phi) is 3.96. The molecule has 0 spiro atoms. The minimum atomic E-state index is -0.174. The van der Waals surface area contributed by atoms with E-state index in [4.69, 9.17) is 0 Å². The van der Waals surface area contributed by atoms with Gasteiger partial charge in [-0.15, -0.1) is 0 Å². The monoisotopic (exact) mass is 450 g/mol. The first-order chi connectivity index (χ1) is 16.7. The maximum atomic E-state index is 13.1. The summed E-state index contributed by atoms with van der Waals surface area (Å²) < 4.78 is 2.30. The third-order valence-electron chi connectivity index (χ3n) is 7.26. The maximum absolute atomic E-state index is 13.1. The Morgan fingerprint density at radius 3 is 2.68 bits per heavy atom. The second-order valence-corrected chi connectivity index (χ2v) is 9.08. The lowest BCUT2D eigenvalue weighted by Gasteiger charge is -2.13. The van der Waals surface area contributed by atoms with Gasteiger partial charge in [0.05, 0.1) is 16.8 Å². The molecule has 7 nitrogen and oxygen atoms in total. The topological polar surface area (TPSA) is 103 Å². The number of H-pyrrole nitrogens is 2. The van der Waals surface area contributed by atoms with Crippen molar-refractivity contribution < 1.29 is 9.90 Å². The number of nitrogens with one attached hydrogen (secondary N) is 3. The highest BCUT2D eigenvalue weighted by atomic mass is 16.3. The molecular weight excluding hydrogens is 428 g/mol. The van der Waals surface area contributed by atoms with Crippen LogP contribution in [0.2, 0.25) is 0 Å². The van der Waals surface area contributed by atoms with Gasteiger partial charge in [0.15, 0.2) is 0 Å². The standard InChI is InChI=1S/C27H22N4O3/c32-9-3-8-31-21-7-6-15(20-12-22(33)30-29-20)11-17(21)24-19-13-28-27(34)25(19)23-16-5-2-1-4-14(16)10-18(23)26(24)31/h1-2,4-7,11-12,32H,3,8-10,13H2,(H,28,34)(H2,29,30,33). The highest BCUT2D eigenvalue weighted by molar-refractivity contribution is 6.20. The molecule has 1 aliphatic heterocycles. The number of hydrogen-bond donors (Lipinski definition) is 4. The molecule has 7 rings (SSSR count). The molecule has 0 unspecified atom stereocenters. The molecule has 0 radical (unpaired) electrons. The van der Waals surface area contributed by atoms with Crippen molar-refractivity contribution in [2.75, 3.05) is 6.61 Å². The molecule has 168 valence electrons.